The Balaban J connectivity index is 2.27. The first-order chi connectivity index (χ1) is 11.6. The fourth-order valence-electron chi connectivity index (χ4n) is 3.32. The predicted molar refractivity (Wildman–Crippen MR) is 105 cm³/mol. The fourth-order valence-corrected chi connectivity index (χ4v) is 3.32. The monoisotopic (exact) mass is 314 g/mol. The smallest absolute Gasteiger partial charge is 0.0146 e. The SMILES string of the molecule is CC(C)c1cc(-c2ccccc2)c(C(C)C)cc1-c1ccccc1. The second-order valence-electron chi connectivity index (χ2n) is 7.07. The lowest BCUT2D eigenvalue weighted by molar-refractivity contribution is 0.849. The van der Waals surface area contributed by atoms with Crippen molar-refractivity contribution in [2.24, 2.45) is 0 Å². The number of benzene rings is 3. The van der Waals surface area contributed by atoms with Gasteiger partial charge in [-0.3, -0.25) is 0 Å². The van der Waals surface area contributed by atoms with E-state index in [2.05, 4.69) is 100 Å². The molecule has 0 heterocycles. The third-order valence-corrected chi connectivity index (χ3v) is 4.64. The van der Waals surface area contributed by atoms with Crippen LogP contribution in [-0.4, -0.2) is 0 Å². The molecule has 0 saturated carbocycles. The fraction of sp³-hybridized carbons (Fsp3) is 0.250. The topological polar surface area (TPSA) is 0 Å². The van der Waals surface area contributed by atoms with E-state index in [1.807, 2.05) is 0 Å². The Bertz CT molecular complexity index is 725. The maximum atomic E-state index is 2.41. The summed E-state index contributed by atoms with van der Waals surface area (Å²) < 4.78 is 0. The van der Waals surface area contributed by atoms with E-state index in [4.69, 9.17) is 0 Å². The van der Waals surface area contributed by atoms with Crippen LogP contribution in [0.5, 0.6) is 0 Å². The Hall–Kier alpha value is -2.34. The number of hydrogen-bond donors (Lipinski definition) is 0. The highest BCUT2D eigenvalue weighted by atomic mass is 14.2. The summed E-state index contributed by atoms with van der Waals surface area (Å²) in [6.07, 6.45) is 0. The van der Waals surface area contributed by atoms with Gasteiger partial charge in [-0.25, -0.2) is 0 Å². The Kier molecular flexibility index (Phi) is 4.85. The van der Waals surface area contributed by atoms with Crippen LogP contribution in [0.25, 0.3) is 22.3 Å². The molecule has 0 aliphatic rings. The largest absolute Gasteiger partial charge is 0.0622 e. The van der Waals surface area contributed by atoms with Crippen molar-refractivity contribution in [3.8, 4) is 22.3 Å². The van der Waals surface area contributed by atoms with Gasteiger partial charge in [0.2, 0.25) is 0 Å². The van der Waals surface area contributed by atoms with Crippen molar-refractivity contribution in [1.82, 2.24) is 0 Å². The van der Waals surface area contributed by atoms with Gasteiger partial charge in [-0.2, -0.15) is 0 Å². The van der Waals surface area contributed by atoms with E-state index >= 15 is 0 Å². The normalized spacial score (nSPS) is 11.2. The summed E-state index contributed by atoms with van der Waals surface area (Å²) in [6, 6.07) is 26.4. The Labute approximate surface area is 146 Å². The maximum absolute atomic E-state index is 2.41. The molecule has 24 heavy (non-hydrogen) atoms. The van der Waals surface area contributed by atoms with Crippen LogP contribution in [0.2, 0.25) is 0 Å². The van der Waals surface area contributed by atoms with Crippen LogP contribution in [0, 0.1) is 0 Å². The van der Waals surface area contributed by atoms with Crippen LogP contribution in [-0.2, 0) is 0 Å². The summed E-state index contributed by atoms with van der Waals surface area (Å²) in [7, 11) is 0. The molecule has 3 aromatic rings. The molecule has 3 rings (SSSR count). The minimum Gasteiger partial charge on any atom is -0.0622 e. The highest BCUT2D eigenvalue weighted by Crippen LogP contribution is 2.38. The average molecular weight is 314 g/mol. The molecule has 3 aromatic carbocycles. The molecule has 0 aliphatic heterocycles. The number of rotatable bonds is 4. The molecular weight excluding hydrogens is 288 g/mol. The van der Waals surface area contributed by atoms with E-state index in [9.17, 15) is 0 Å². The zero-order valence-electron chi connectivity index (χ0n) is 15.1. The zero-order chi connectivity index (χ0) is 17.1. The summed E-state index contributed by atoms with van der Waals surface area (Å²) in [4.78, 5) is 0. The Morgan fingerprint density at radius 3 is 1.12 bits per heavy atom. The molecule has 0 unspecified atom stereocenters. The molecular formula is C24H26. The summed E-state index contributed by atoms with van der Waals surface area (Å²) in [5.74, 6) is 0.979. The van der Waals surface area contributed by atoms with Crippen LogP contribution in [0.4, 0.5) is 0 Å². The van der Waals surface area contributed by atoms with Gasteiger partial charge in [0.25, 0.3) is 0 Å². The van der Waals surface area contributed by atoms with Crippen LogP contribution >= 0.6 is 0 Å². The first kappa shape index (κ1) is 16.5. The summed E-state index contributed by atoms with van der Waals surface area (Å²) in [5, 5.41) is 0. The van der Waals surface area contributed by atoms with E-state index in [0.717, 1.165) is 0 Å². The van der Waals surface area contributed by atoms with E-state index in [-0.39, 0.29) is 0 Å². The molecule has 0 aliphatic carbocycles. The van der Waals surface area contributed by atoms with Gasteiger partial charge in [0.1, 0.15) is 0 Å². The van der Waals surface area contributed by atoms with Gasteiger partial charge < -0.3 is 0 Å². The minimum absolute atomic E-state index is 0.490. The van der Waals surface area contributed by atoms with Gasteiger partial charge in [-0.15, -0.1) is 0 Å². The highest BCUT2D eigenvalue weighted by Gasteiger charge is 2.16. The van der Waals surface area contributed by atoms with Crippen molar-refractivity contribution in [2.75, 3.05) is 0 Å². The first-order valence-corrected chi connectivity index (χ1v) is 8.86. The van der Waals surface area contributed by atoms with Gasteiger partial charge in [0, 0.05) is 0 Å². The van der Waals surface area contributed by atoms with E-state index in [1.165, 1.54) is 33.4 Å². The molecule has 0 aromatic heterocycles. The molecule has 0 radical (unpaired) electrons. The molecule has 0 bridgehead atoms. The van der Waals surface area contributed by atoms with Crippen molar-refractivity contribution in [3.63, 3.8) is 0 Å². The maximum Gasteiger partial charge on any atom is -0.0146 e. The first-order valence-electron chi connectivity index (χ1n) is 8.86. The summed E-state index contributed by atoms with van der Waals surface area (Å²) >= 11 is 0. The van der Waals surface area contributed by atoms with Crippen LogP contribution in [0.3, 0.4) is 0 Å². The Morgan fingerprint density at radius 1 is 0.500 bits per heavy atom. The second kappa shape index (κ2) is 7.05. The summed E-state index contributed by atoms with van der Waals surface area (Å²) in [6.45, 7) is 9.13. The average Bonchev–Trinajstić information content (AvgIpc) is 2.62. The second-order valence-corrected chi connectivity index (χ2v) is 7.07. The molecule has 0 nitrogen and oxygen atoms in total. The van der Waals surface area contributed by atoms with Crippen molar-refractivity contribution in [3.05, 3.63) is 83.9 Å². The van der Waals surface area contributed by atoms with Crippen molar-refractivity contribution in [1.29, 1.82) is 0 Å². The van der Waals surface area contributed by atoms with Crippen LogP contribution < -0.4 is 0 Å². The minimum atomic E-state index is 0.490. The van der Waals surface area contributed by atoms with Crippen molar-refractivity contribution in [2.45, 2.75) is 39.5 Å². The van der Waals surface area contributed by atoms with E-state index < -0.39 is 0 Å². The lowest BCUT2D eigenvalue weighted by Gasteiger charge is -2.21. The van der Waals surface area contributed by atoms with E-state index in [0.29, 0.717) is 11.8 Å². The standard InChI is InChI=1S/C24H26/c1-17(2)21-15-24(20-13-9-6-10-14-20)22(18(3)4)16-23(21)19-11-7-5-8-12-19/h5-18H,1-4H3. The molecule has 0 heteroatoms. The van der Waals surface area contributed by atoms with Crippen molar-refractivity contribution >= 4 is 0 Å². The van der Waals surface area contributed by atoms with Gasteiger partial charge in [-0.1, -0.05) is 88.4 Å². The number of hydrogen-bond acceptors (Lipinski definition) is 0. The Morgan fingerprint density at radius 2 is 0.833 bits per heavy atom. The summed E-state index contributed by atoms with van der Waals surface area (Å²) in [5.41, 5.74) is 8.20. The van der Waals surface area contributed by atoms with Crippen LogP contribution in [0.15, 0.2) is 72.8 Å². The van der Waals surface area contributed by atoms with Gasteiger partial charge >= 0.3 is 0 Å². The molecule has 0 atom stereocenters. The van der Waals surface area contributed by atoms with Gasteiger partial charge in [-0.05, 0) is 57.3 Å². The molecule has 0 amide bonds. The third-order valence-electron chi connectivity index (χ3n) is 4.64. The molecule has 0 fully saturated rings. The molecule has 122 valence electrons. The quantitative estimate of drug-likeness (QED) is 0.475. The highest BCUT2D eigenvalue weighted by molar-refractivity contribution is 5.77. The predicted octanol–water partition coefficient (Wildman–Crippen LogP) is 7.27. The lowest BCUT2D eigenvalue weighted by Crippen LogP contribution is -2.00. The van der Waals surface area contributed by atoms with E-state index in [1.54, 1.807) is 0 Å². The van der Waals surface area contributed by atoms with Crippen molar-refractivity contribution < 1.29 is 0 Å². The molecule has 0 N–H and O–H groups in total. The molecule has 0 spiro atoms. The zero-order valence-corrected chi connectivity index (χ0v) is 15.1. The lowest BCUT2D eigenvalue weighted by atomic mass is 9.83. The van der Waals surface area contributed by atoms with Gasteiger partial charge in [0.05, 0.1) is 0 Å². The van der Waals surface area contributed by atoms with Gasteiger partial charge in [0.15, 0.2) is 0 Å². The van der Waals surface area contributed by atoms with Crippen LogP contribution in [0.1, 0.15) is 50.7 Å². The third kappa shape index (κ3) is 3.28. The molecule has 0 saturated heterocycles.